The third kappa shape index (κ3) is 2.41. The van der Waals surface area contributed by atoms with E-state index in [9.17, 15) is 0 Å². The normalized spacial score (nSPS) is 11.5. The van der Waals surface area contributed by atoms with Gasteiger partial charge in [0.1, 0.15) is 5.82 Å². The maximum absolute atomic E-state index is 4.62. The maximum atomic E-state index is 4.62. The van der Waals surface area contributed by atoms with Gasteiger partial charge in [-0.2, -0.15) is 0 Å². The molecule has 0 fully saturated rings. The molecule has 3 aromatic rings. The first-order chi connectivity index (χ1) is 9.28. The summed E-state index contributed by atoms with van der Waals surface area (Å²) in [6, 6.07) is 0. The Labute approximate surface area is 115 Å². The zero-order valence-corrected chi connectivity index (χ0v) is 11.9. The van der Waals surface area contributed by atoms with Gasteiger partial charge in [0.05, 0.1) is 17.9 Å². The SMILES string of the molecule is CCNCc1cnc(C)n1Cc1cn2ccsc2n1. The van der Waals surface area contributed by atoms with Crippen LogP contribution in [-0.2, 0) is 13.1 Å². The first-order valence-electron chi connectivity index (χ1n) is 6.40. The van der Waals surface area contributed by atoms with E-state index in [1.165, 1.54) is 5.69 Å². The molecular weight excluding hydrogens is 258 g/mol. The van der Waals surface area contributed by atoms with Gasteiger partial charge in [0.15, 0.2) is 4.96 Å². The number of aryl methyl sites for hydroxylation is 1. The molecule has 0 radical (unpaired) electrons. The minimum Gasteiger partial charge on any atom is -0.325 e. The molecule has 0 amide bonds. The fourth-order valence-corrected chi connectivity index (χ4v) is 2.86. The predicted octanol–water partition coefficient (Wildman–Crippen LogP) is 2.06. The molecule has 6 heteroatoms. The molecule has 0 bridgehead atoms. The van der Waals surface area contributed by atoms with E-state index in [4.69, 9.17) is 0 Å². The molecule has 19 heavy (non-hydrogen) atoms. The first kappa shape index (κ1) is 12.4. The van der Waals surface area contributed by atoms with Crippen molar-refractivity contribution in [1.29, 1.82) is 0 Å². The summed E-state index contributed by atoms with van der Waals surface area (Å²) in [6.07, 6.45) is 6.07. The van der Waals surface area contributed by atoms with Gasteiger partial charge in [-0.15, -0.1) is 11.3 Å². The molecule has 3 heterocycles. The van der Waals surface area contributed by atoms with Crippen LogP contribution in [0.3, 0.4) is 0 Å². The van der Waals surface area contributed by atoms with Gasteiger partial charge in [-0.25, -0.2) is 9.97 Å². The highest BCUT2D eigenvalue weighted by atomic mass is 32.1. The Hall–Kier alpha value is -1.66. The zero-order chi connectivity index (χ0) is 13.2. The third-order valence-electron chi connectivity index (χ3n) is 3.16. The Morgan fingerprint density at radius 3 is 3.11 bits per heavy atom. The summed E-state index contributed by atoms with van der Waals surface area (Å²) in [6.45, 7) is 6.73. The van der Waals surface area contributed by atoms with E-state index in [0.717, 1.165) is 36.1 Å². The van der Waals surface area contributed by atoms with E-state index in [1.807, 2.05) is 24.7 Å². The van der Waals surface area contributed by atoms with Crippen molar-refractivity contribution < 1.29 is 0 Å². The van der Waals surface area contributed by atoms with Gasteiger partial charge in [-0.05, 0) is 13.5 Å². The third-order valence-corrected chi connectivity index (χ3v) is 3.93. The lowest BCUT2D eigenvalue weighted by Gasteiger charge is -2.08. The molecule has 0 saturated heterocycles. The number of thiazole rings is 1. The van der Waals surface area contributed by atoms with Crippen LogP contribution in [0.2, 0.25) is 0 Å². The van der Waals surface area contributed by atoms with E-state index in [1.54, 1.807) is 11.3 Å². The molecule has 3 rings (SSSR count). The number of nitrogens with one attached hydrogen (secondary N) is 1. The van der Waals surface area contributed by atoms with Crippen LogP contribution >= 0.6 is 11.3 Å². The van der Waals surface area contributed by atoms with Gasteiger partial charge in [0.25, 0.3) is 0 Å². The molecule has 5 nitrogen and oxygen atoms in total. The second-order valence-electron chi connectivity index (χ2n) is 4.49. The Kier molecular flexibility index (Phi) is 3.35. The van der Waals surface area contributed by atoms with Crippen LogP contribution in [0.25, 0.3) is 4.96 Å². The summed E-state index contributed by atoms with van der Waals surface area (Å²) in [5, 5.41) is 5.39. The highest BCUT2D eigenvalue weighted by Gasteiger charge is 2.09. The molecule has 0 unspecified atom stereocenters. The number of nitrogens with zero attached hydrogens (tertiary/aromatic N) is 4. The van der Waals surface area contributed by atoms with Crippen LogP contribution in [0.5, 0.6) is 0 Å². The molecular formula is C13H17N5S. The molecule has 0 aromatic carbocycles. The zero-order valence-electron chi connectivity index (χ0n) is 11.1. The molecule has 3 aromatic heterocycles. The predicted molar refractivity (Wildman–Crippen MR) is 76.5 cm³/mol. The average Bonchev–Trinajstić information content (AvgIpc) is 3.04. The van der Waals surface area contributed by atoms with Gasteiger partial charge in [-0.1, -0.05) is 6.92 Å². The van der Waals surface area contributed by atoms with Crippen molar-refractivity contribution in [2.75, 3.05) is 6.54 Å². The Morgan fingerprint density at radius 2 is 2.32 bits per heavy atom. The van der Waals surface area contributed by atoms with Crippen molar-refractivity contribution in [2.45, 2.75) is 26.9 Å². The van der Waals surface area contributed by atoms with E-state index in [0.29, 0.717) is 0 Å². The summed E-state index contributed by atoms with van der Waals surface area (Å²) in [4.78, 5) is 10.1. The standard InChI is InChI=1S/C13H17N5S/c1-3-14-6-12-7-15-10(2)18(12)9-11-8-17-4-5-19-13(17)16-11/h4-5,7-8,14H,3,6,9H2,1-2H3. The van der Waals surface area contributed by atoms with Crippen molar-refractivity contribution in [2.24, 2.45) is 0 Å². The van der Waals surface area contributed by atoms with Crippen molar-refractivity contribution >= 4 is 16.3 Å². The van der Waals surface area contributed by atoms with Crippen LogP contribution < -0.4 is 5.32 Å². The molecule has 0 aliphatic carbocycles. The van der Waals surface area contributed by atoms with Crippen molar-refractivity contribution in [1.82, 2.24) is 24.3 Å². The summed E-state index contributed by atoms with van der Waals surface area (Å²) in [7, 11) is 0. The quantitative estimate of drug-likeness (QED) is 0.775. The lowest BCUT2D eigenvalue weighted by Crippen LogP contribution is -2.16. The highest BCUT2D eigenvalue weighted by molar-refractivity contribution is 7.15. The molecule has 1 N–H and O–H groups in total. The topological polar surface area (TPSA) is 47.2 Å². The van der Waals surface area contributed by atoms with E-state index in [-0.39, 0.29) is 0 Å². The van der Waals surface area contributed by atoms with Crippen LogP contribution in [-0.4, -0.2) is 25.5 Å². The van der Waals surface area contributed by atoms with Crippen LogP contribution in [0.15, 0.2) is 24.0 Å². The first-order valence-corrected chi connectivity index (χ1v) is 7.28. The maximum Gasteiger partial charge on any atom is 0.193 e. The lowest BCUT2D eigenvalue weighted by atomic mass is 10.4. The molecule has 0 aliphatic rings. The molecule has 0 saturated carbocycles. The van der Waals surface area contributed by atoms with Crippen molar-refractivity contribution in [3.8, 4) is 0 Å². The van der Waals surface area contributed by atoms with Gasteiger partial charge in [0, 0.05) is 30.5 Å². The fraction of sp³-hybridized carbons (Fsp3) is 0.385. The van der Waals surface area contributed by atoms with Gasteiger partial charge < -0.3 is 9.88 Å². The van der Waals surface area contributed by atoms with Gasteiger partial charge in [0.2, 0.25) is 0 Å². The molecule has 100 valence electrons. The van der Waals surface area contributed by atoms with Crippen molar-refractivity contribution in [3.63, 3.8) is 0 Å². The smallest absolute Gasteiger partial charge is 0.193 e. The summed E-state index contributed by atoms with van der Waals surface area (Å²) < 4.78 is 4.28. The van der Waals surface area contributed by atoms with Gasteiger partial charge >= 0.3 is 0 Å². The largest absolute Gasteiger partial charge is 0.325 e. The number of aromatic nitrogens is 4. The molecule has 0 aliphatic heterocycles. The number of hydrogen-bond donors (Lipinski definition) is 1. The number of rotatable bonds is 5. The van der Waals surface area contributed by atoms with Crippen LogP contribution in [0.1, 0.15) is 24.1 Å². The summed E-state index contributed by atoms with van der Waals surface area (Å²) in [5.41, 5.74) is 2.28. The highest BCUT2D eigenvalue weighted by Crippen LogP contribution is 2.14. The minimum atomic E-state index is 0.779. The number of fused-ring (bicyclic) bond motifs is 1. The van der Waals surface area contributed by atoms with Crippen LogP contribution in [0, 0.1) is 6.92 Å². The number of imidazole rings is 2. The van der Waals surface area contributed by atoms with Gasteiger partial charge in [-0.3, -0.25) is 4.40 Å². The fourth-order valence-electron chi connectivity index (χ4n) is 2.14. The summed E-state index contributed by atoms with van der Waals surface area (Å²) in [5.74, 6) is 1.03. The van der Waals surface area contributed by atoms with E-state index in [2.05, 4.69) is 37.4 Å². The minimum absolute atomic E-state index is 0.779. The number of hydrogen-bond acceptors (Lipinski definition) is 4. The molecule has 0 atom stereocenters. The average molecular weight is 275 g/mol. The Balaban J connectivity index is 1.85. The second kappa shape index (κ2) is 5.14. The van der Waals surface area contributed by atoms with Crippen molar-refractivity contribution in [3.05, 3.63) is 41.2 Å². The molecule has 0 spiro atoms. The second-order valence-corrected chi connectivity index (χ2v) is 5.36. The lowest BCUT2D eigenvalue weighted by molar-refractivity contribution is 0.642. The monoisotopic (exact) mass is 275 g/mol. The Bertz CT molecular complexity index is 650. The Morgan fingerprint density at radius 1 is 1.42 bits per heavy atom. The summed E-state index contributed by atoms with van der Waals surface area (Å²) >= 11 is 1.66. The van der Waals surface area contributed by atoms with E-state index < -0.39 is 0 Å². The van der Waals surface area contributed by atoms with Crippen LogP contribution in [0.4, 0.5) is 0 Å². The van der Waals surface area contributed by atoms with E-state index >= 15 is 0 Å².